The van der Waals surface area contributed by atoms with Gasteiger partial charge in [-0.25, -0.2) is 14.6 Å². The summed E-state index contributed by atoms with van der Waals surface area (Å²) in [5.74, 6) is 0.356. The number of nitrogens with one attached hydrogen (secondary N) is 1. The molecule has 0 spiro atoms. The number of H-pyrrole nitrogens is 1. The topological polar surface area (TPSA) is 100 Å². The van der Waals surface area contributed by atoms with Crippen molar-refractivity contribution >= 4 is 0 Å². The van der Waals surface area contributed by atoms with Crippen LogP contribution in [0.5, 0.6) is 0 Å². The van der Waals surface area contributed by atoms with Gasteiger partial charge in [0.1, 0.15) is 12.4 Å². The monoisotopic (exact) mass is 188 g/mol. The molecule has 0 unspecified atom stereocenters. The van der Waals surface area contributed by atoms with E-state index in [2.05, 4.69) is 20.1 Å². The van der Waals surface area contributed by atoms with Gasteiger partial charge in [-0.1, -0.05) is 0 Å². The van der Waals surface area contributed by atoms with Crippen LogP contribution in [0, 0.1) is 11.3 Å². The first kappa shape index (κ1) is 8.12. The highest BCUT2D eigenvalue weighted by Crippen LogP contribution is 1.96. The van der Waals surface area contributed by atoms with E-state index in [1.165, 1.54) is 23.4 Å². The Labute approximate surface area is 77.7 Å². The van der Waals surface area contributed by atoms with Gasteiger partial charge < -0.3 is 4.98 Å². The summed E-state index contributed by atoms with van der Waals surface area (Å²) in [6.45, 7) is 0. The van der Waals surface area contributed by atoms with E-state index in [1.54, 1.807) is 6.07 Å². The lowest BCUT2D eigenvalue weighted by Crippen LogP contribution is -2.09. The molecule has 0 aliphatic heterocycles. The molecule has 0 saturated carbocycles. The van der Waals surface area contributed by atoms with Crippen LogP contribution in [-0.4, -0.2) is 24.7 Å². The summed E-state index contributed by atoms with van der Waals surface area (Å²) in [4.78, 5) is 20.8. The molecule has 0 aliphatic carbocycles. The Hall–Kier alpha value is -2.49. The molecule has 1 N–H and O–H groups in total. The summed E-state index contributed by atoms with van der Waals surface area (Å²) in [7, 11) is 0. The fraction of sp³-hybridized carbons (Fsp3) is 0. The predicted molar refractivity (Wildman–Crippen MR) is 44.5 cm³/mol. The largest absolute Gasteiger partial charge is 0.313 e. The van der Waals surface area contributed by atoms with Crippen LogP contribution in [0.25, 0.3) is 5.82 Å². The van der Waals surface area contributed by atoms with Crippen molar-refractivity contribution in [2.24, 2.45) is 0 Å². The van der Waals surface area contributed by atoms with E-state index in [4.69, 9.17) is 5.26 Å². The van der Waals surface area contributed by atoms with E-state index >= 15 is 0 Å². The van der Waals surface area contributed by atoms with Crippen LogP contribution in [0.15, 0.2) is 23.5 Å². The van der Waals surface area contributed by atoms with E-state index in [-0.39, 0.29) is 11.4 Å². The standard InChI is InChI=1S/C7H4N6O/c8-2-5-11-4-13(12-5)6-1-7(14)10-3-9-6/h1,3-4H,(H,9,10,14). The molecule has 0 saturated heterocycles. The molecule has 0 bridgehead atoms. The highest BCUT2D eigenvalue weighted by Gasteiger charge is 2.02. The molecular formula is C7H4N6O. The second-order valence-electron chi connectivity index (χ2n) is 2.39. The van der Waals surface area contributed by atoms with E-state index in [0.29, 0.717) is 5.82 Å². The van der Waals surface area contributed by atoms with E-state index < -0.39 is 0 Å². The SMILES string of the molecule is N#Cc1ncn(-c2cc(=O)[nH]cn2)n1. The zero-order valence-corrected chi connectivity index (χ0v) is 6.88. The maximum atomic E-state index is 10.9. The molecule has 68 valence electrons. The third kappa shape index (κ3) is 1.36. The molecule has 7 heteroatoms. The van der Waals surface area contributed by atoms with Crippen molar-refractivity contribution in [2.75, 3.05) is 0 Å². The summed E-state index contributed by atoms with van der Waals surface area (Å²) in [5.41, 5.74) is -0.288. The van der Waals surface area contributed by atoms with Crippen LogP contribution in [0.2, 0.25) is 0 Å². The van der Waals surface area contributed by atoms with Crippen molar-refractivity contribution in [1.82, 2.24) is 24.7 Å². The van der Waals surface area contributed by atoms with Crippen molar-refractivity contribution in [3.05, 3.63) is 34.9 Å². The molecule has 7 nitrogen and oxygen atoms in total. The normalized spacial score (nSPS) is 9.64. The van der Waals surface area contributed by atoms with Crippen molar-refractivity contribution in [3.63, 3.8) is 0 Å². The zero-order valence-electron chi connectivity index (χ0n) is 6.88. The van der Waals surface area contributed by atoms with Gasteiger partial charge in [-0.3, -0.25) is 4.79 Å². The summed E-state index contributed by atoms with van der Waals surface area (Å²) in [6, 6.07) is 3.03. The molecular weight excluding hydrogens is 184 g/mol. The lowest BCUT2D eigenvalue weighted by atomic mass is 10.6. The van der Waals surface area contributed by atoms with Gasteiger partial charge in [0.05, 0.1) is 6.33 Å². The molecule has 0 amide bonds. The van der Waals surface area contributed by atoms with E-state index in [0.717, 1.165) is 0 Å². The van der Waals surface area contributed by atoms with Crippen molar-refractivity contribution in [3.8, 4) is 11.9 Å². The Kier molecular flexibility index (Phi) is 1.80. The number of aromatic amines is 1. The van der Waals surface area contributed by atoms with Gasteiger partial charge in [0.2, 0.25) is 0 Å². The van der Waals surface area contributed by atoms with Gasteiger partial charge in [0.15, 0.2) is 5.82 Å². The molecule has 2 heterocycles. The number of nitriles is 1. The fourth-order valence-corrected chi connectivity index (χ4v) is 0.908. The molecule has 0 aromatic carbocycles. The van der Waals surface area contributed by atoms with Crippen LogP contribution < -0.4 is 5.56 Å². The van der Waals surface area contributed by atoms with Gasteiger partial charge in [-0.2, -0.15) is 5.26 Å². The predicted octanol–water partition coefficient (Wildman–Crippen LogP) is -0.778. The van der Waals surface area contributed by atoms with Gasteiger partial charge in [0.25, 0.3) is 11.4 Å². The molecule has 2 aromatic rings. The fourth-order valence-electron chi connectivity index (χ4n) is 0.908. The average molecular weight is 188 g/mol. The van der Waals surface area contributed by atoms with Crippen molar-refractivity contribution in [1.29, 1.82) is 5.26 Å². The lowest BCUT2D eigenvalue weighted by molar-refractivity contribution is 0.829. The number of hydrogen-bond acceptors (Lipinski definition) is 5. The van der Waals surface area contributed by atoms with E-state index in [9.17, 15) is 4.79 Å². The molecule has 14 heavy (non-hydrogen) atoms. The lowest BCUT2D eigenvalue weighted by Gasteiger charge is -1.94. The molecule has 0 fully saturated rings. The highest BCUT2D eigenvalue weighted by molar-refractivity contribution is 5.18. The molecule has 0 radical (unpaired) electrons. The third-order valence-corrected chi connectivity index (χ3v) is 1.49. The number of hydrogen-bond donors (Lipinski definition) is 1. The van der Waals surface area contributed by atoms with E-state index in [1.807, 2.05) is 0 Å². The second kappa shape index (κ2) is 3.10. The Bertz CT molecular complexity index is 548. The zero-order chi connectivity index (χ0) is 9.97. The minimum atomic E-state index is -0.288. The van der Waals surface area contributed by atoms with Crippen molar-refractivity contribution in [2.45, 2.75) is 0 Å². The minimum absolute atomic E-state index is 0.0343. The number of rotatable bonds is 1. The Morgan fingerprint density at radius 3 is 3.00 bits per heavy atom. The number of aromatic nitrogens is 5. The summed E-state index contributed by atoms with van der Waals surface area (Å²) >= 11 is 0. The Morgan fingerprint density at radius 2 is 2.36 bits per heavy atom. The summed E-state index contributed by atoms with van der Waals surface area (Å²) < 4.78 is 1.26. The van der Waals surface area contributed by atoms with Gasteiger partial charge in [-0.15, -0.1) is 5.10 Å². The summed E-state index contributed by atoms with van der Waals surface area (Å²) in [5, 5.41) is 12.2. The summed E-state index contributed by atoms with van der Waals surface area (Å²) in [6.07, 6.45) is 2.58. The van der Waals surface area contributed by atoms with Gasteiger partial charge >= 0.3 is 0 Å². The smallest absolute Gasteiger partial charge is 0.252 e. The molecule has 0 atom stereocenters. The van der Waals surface area contributed by atoms with Crippen LogP contribution in [0.3, 0.4) is 0 Å². The first-order valence-electron chi connectivity index (χ1n) is 3.66. The Balaban J connectivity index is 2.50. The quantitative estimate of drug-likeness (QED) is 0.632. The van der Waals surface area contributed by atoms with Gasteiger partial charge in [0, 0.05) is 6.07 Å². The average Bonchev–Trinajstić information content (AvgIpc) is 2.66. The number of nitrogens with zero attached hydrogens (tertiary/aromatic N) is 5. The van der Waals surface area contributed by atoms with Crippen LogP contribution in [-0.2, 0) is 0 Å². The highest BCUT2D eigenvalue weighted by atomic mass is 16.1. The van der Waals surface area contributed by atoms with Crippen LogP contribution in [0.4, 0.5) is 0 Å². The third-order valence-electron chi connectivity index (χ3n) is 1.49. The minimum Gasteiger partial charge on any atom is -0.313 e. The maximum absolute atomic E-state index is 10.9. The molecule has 0 aliphatic rings. The maximum Gasteiger partial charge on any atom is 0.252 e. The second-order valence-corrected chi connectivity index (χ2v) is 2.39. The van der Waals surface area contributed by atoms with Crippen LogP contribution >= 0.6 is 0 Å². The molecule has 2 aromatic heterocycles. The van der Waals surface area contributed by atoms with Gasteiger partial charge in [-0.05, 0) is 0 Å². The van der Waals surface area contributed by atoms with Crippen LogP contribution in [0.1, 0.15) is 5.82 Å². The Morgan fingerprint density at radius 1 is 1.50 bits per heavy atom. The van der Waals surface area contributed by atoms with Crippen molar-refractivity contribution < 1.29 is 0 Å². The first-order valence-corrected chi connectivity index (χ1v) is 3.66. The molecule has 2 rings (SSSR count). The first-order chi connectivity index (χ1) is 6.79.